The van der Waals surface area contributed by atoms with Gasteiger partial charge in [0, 0.05) is 5.57 Å². The zero-order valence-corrected chi connectivity index (χ0v) is 9.95. The standard InChI is InChI=1S/C11H15F5O2/c1-8(2)9(17)18-11(6-15,7-16)10(3-12,4-13)5-14/h1,3-7H2,2H3. The summed E-state index contributed by atoms with van der Waals surface area (Å²) < 4.78 is 68.7. The van der Waals surface area contributed by atoms with E-state index in [4.69, 9.17) is 0 Å². The van der Waals surface area contributed by atoms with Gasteiger partial charge in [0.1, 0.15) is 38.8 Å². The quantitative estimate of drug-likeness (QED) is 0.386. The van der Waals surface area contributed by atoms with Crippen LogP contribution in [0.4, 0.5) is 22.0 Å². The van der Waals surface area contributed by atoms with E-state index in [-0.39, 0.29) is 5.57 Å². The Morgan fingerprint density at radius 1 is 1.00 bits per heavy atom. The molecule has 0 atom stereocenters. The number of hydrogen-bond acceptors (Lipinski definition) is 2. The topological polar surface area (TPSA) is 26.3 Å². The van der Waals surface area contributed by atoms with Crippen LogP contribution >= 0.6 is 0 Å². The molecule has 0 N–H and O–H groups in total. The fourth-order valence-corrected chi connectivity index (χ4v) is 1.22. The fourth-order valence-electron chi connectivity index (χ4n) is 1.22. The molecular weight excluding hydrogens is 259 g/mol. The maximum atomic E-state index is 12.9. The highest BCUT2D eigenvalue weighted by molar-refractivity contribution is 5.87. The smallest absolute Gasteiger partial charge is 0.333 e. The molecule has 0 bridgehead atoms. The van der Waals surface area contributed by atoms with Crippen molar-refractivity contribution >= 4 is 5.97 Å². The van der Waals surface area contributed by atoms with E-state index < -0.39 is 50.4 Å². The second kappa shape index (κ2) is 6.70. The van der Waals surface area contributed by atoms with E-state index in [9.17, 15) is 26.7 Å². The van der Waals surface area contributed by atoms with Crippen molar-refractivity contribution in [1.29, 1.82) is 0 Å². The van der Waals surface area contributed by atoms with Gasteiger partial charge in [-0.15, -0.1) is 0 Å². The Bertz CT molecular complexity index is 290. The molecular formula is C11H15F5O2. The van der Waals surface area contributed by atoms with Crippen molar-refractivity contribution in [2.45, 2.75) is 12.5 Å². The molecule has 106 valence electrons. The van der Waals surface area contributed by atoms with Crippen LogP contribution in [0.3, 0.4) is 0 Å². The van der Waals surface area contributed by atoms with Crippen molar-refractivity contribution < 1.29 is 31.5 Å². The van der Waals surface area contributed by atoms with Crippen molar-refractivity contribution in [3.63, 3.8) is 0 Å². The number of alkyl halides is 5. The summed E-state index contributed by atoms with van der Waals surface area (Å²) in [4.78, 5) is 11.2. The average molecular weight is 274 g/mol. The second-order valence-electron chi connectivity index (χ2n) is 4.11. The fraction of sp³-hybridized carbons (Fsp3) is 0.727. The first-order valence-corrected chi connectivity index (χ1v) is 5.07. The SMILES string of the molecule is C=C(C)C(=O)OC(CF)(CF)C(CF)(CF)CF. The molecule has 0 heterocycles. The molecule has 0 aliphatic rings. The van der Waals surface area contributed by atoms with Gasteiger partial charge in [-0.2, -0.15) is 0 Å². The first kappa shape index (κ1) is 16.9. The van der Waals surface area contributed by atoms with Gasteiger partial charge in [-0.1, -0.05) is 6.58 Å². The summed E-state index contributed by atoms with van der Waals surface area (Å²) in [5.74, 6) is -1.23. The van der Waals surface area contributed by atoms with E-state index in [0.29, 0.717) is 0 Å². The summed E-state index contributed by atoms with van der Waals surface area (Å²) in [5.41, 5.74) is -5.71. The number of halogens is 5. The minimum Gasteiger partial charge on any atom is -0.449 e. The molecule has 18 heavy (non-hydrogen) atoms. The van der Waals surface area contributed by atoms with E-state index in [2.05, 4.69) is 11.3 Å². The van der Waals surface area contributed by atoms with E-state index in [1.54, 1.807) is 0 Å². The molecule has 0 rings (SSSR count). The monoisotopic (exact) mass is 274 g/mol. The highest BCUT2D eigenvalue weighted by Gasteiger charge is 2.56. The summed E-state index contributed by atoms with van der Waals surface area (Å²) in [7, 11) is 0. The van der Waals surface area contributed by atoms with Crippen LogP contribution in [-0.2, 0) is 9.53 Å². The summed E-state index contributed by atoms with van der Waals surface area (Å²) >= 11 is 0. The average Bonchev–Trinajstić information content (AvgIpc) is 2.39. The van der Waals surface area contributed by atoms with Crippen LogP contribution in [0.25, 0.3) is 0 Å². The third-order valence-corrected chi connectivity index (χ3v) is 2.80. The third kappa shape index (κ3) is 2.81. The number of ether oxygens (including phenoxy) is 1. The molecule has 0 radical (unpaired) electrons. The molecule has 0 saturated carbocycles. The van der Waals surface area contributed by atoms with Crippen molar-refractivity contribution in [3.8, 4) is 0 Å². The normalized spacial score (nSPS) is 12.3. The highest BCUT2D eigenvalue weighted by atomic mass is 19.2. The second-order valence-corrected chi connectivity index (χ2v) is 4.11. The minimum atomic E-state index is -2.82. The van der Waals surface area contributed by atoms with E-state index in [0.717, 1.165) is 0 Å². The Balaban J connectivity index is 5.48. The summed E-state index contributed by atoms with van der Waals surface area (Å²) in [6.07, 6.45) is 0. The molecule has 7 heteroatoms. The van der Waals surface area contributed by atoms with Crippen molar-refractivity contribution in [1.82, 2.24) is 0 Å². The number of rotatable bonds is 8. The zero-order valence-electron chi connectivity index (χ0n) is 9.95. The van der Waals surface area contributed by atoms with Gasteiger partial charge in [0.2, 0.25) is 0 Å². The number of carbonyl (C=O) groups excluding carboxylic acids is 1. The predicted molar refractivity (Wildman–Crippen MR) is 55.9 cm³/mol. The lowest BCUT2D eigenvalue weighted by molar-refractivity contribution is -0.190. The van der Waals surface area contributed by atoms with Gasteiger partial charge in [-0.05, 0) is 6.92 Å². The molecule has 0 spiro atoms. The molecule has 0 aromatic carbocycles. The number of carbonyl (C=O) groups is 1. The lowest BCUT2D eigenvalue weighted by atomic mass is 9.75. The Morgan fingerprint density at radius 3 is 1.61 bits per heavy atom. The van der Waals surface area contributed by atoms with Crippen LogP contribution in [0.2, 0.25) is 0 Å². The van der Waals surface area contributed by atoms with Gasteiger partial charge in [0.25, 0.3) is 0 Å². The molecule has 0 unspecified atom stereocenters. The lowest BCUT2D eigenvalue weighted by Gasteiger charge is -2.41. The molecule has 0 fully saturated rings. The van der Waals surface area contributed by atoms with Crippen LogP contribution in [-0.4, -0.2) is 44.9 Å². The van der Waals surface area contributed by atoms with Crippen LogP contribution in [0, 0.1) is 5.41 Å². The Labute approximate surface area is 102 Å². The molecule has 0 aliphatic carbocycles. The van der Waals surface area contributed by atoms with Gasteiger partial charge in [0.05, 0.1) is 0 Å². The maximum Gasteiger partial charge on any atom is 0.333 e. The van der Waals surface area contributed by atoms with Gasteiger partial charge < -0.3 is 4.74 Å². The molecule has 0 aromatic rings. The molecule has 0 aliphatic heterocycles. The molecule has 0 amide bonds. The van der Waals surface area contributed by atoms with E-state index in [1.807, 2.05) is 0 Å². The third-order valence-electron chi connectivity index (χ3n) is 2.80. The Kier molecular flexibility index (Phi) is 6.28. The first-order chi connectivity index (χ1) is 8.38. The number of hydrogen-bond donors (Lipinski definition) is 0. The van der Waals surface area contributed by atoms with Crippen LogP contribution in [0.5, 0.6) is 0 Å². The van der Waals surface area contributed by atoms with Gasteiger partial charge >= 0.3 is 5.97 Å². The minimum absolute atomic E-state index is 0.216. The molecule has 0 saturated heterocycles. The zero-order chi connectivity index (χ0) is 14.4. The Morgan fingerprint density at radius 2 is 1.39 bits per heavy atom. The summed E-state index contributed by atoms with van der Waals surface area (Å²) in [6.45, 7) is -4.21. The maximum absolute atomic E-state index is 12.9. The van der Waals surface area contributed by atoms with Crippen LogP contribution < -0.4 is 0 Å². The summed E-state index contributed by atoms with van der Waals surface area (Å²) in [6, 6.07) is 0. The summed E-state index contributed by atoms with van der Waals surface area (Å²) in [5, 5.41) is 0. The Hall–Kier alpha value is -1.14. The lowest BCUT2D eigenvalue weighted by Crippen LogP contribution is -2.59. The van der Waals surface area contributed by atoms with Gasteiger partial charge in [0.15, 0.2) is 5.60 Å². The van der Waals surface area contributed by atoms with Crippen LogP contribution in [0.1, 0.15) is 6.92 Å². The van der Waals surface area contributed by atoms with E-state index >= 15 is 0 Å². The van der Waals surface area contributed by atoms with Crippen LogP contribution in [0.15, 0.2) is 12.2 Å². The predicted octanol–water partition coefficient (Wildman–Crippen LogP) is 2.68. The largest absolute Gasteiger partial charge is 0.449 e. The van der Waals surface area contributed by atoms with Crippen molar-refractivity contribution in [2.75, 3.05) is 33.4 Å². The number of esters is 1. The highest BCUT2D eigenvalue weighted by Crippen LogP contribution is 2.38. The van der Waals surface area contributed by atoms with E-state index in [1.165, 1.54) is 6.92 Å². The van der Waals surface area contributed by atoms with Gasteiger partial charge in [-0.3, -0.25) is 13.2 Å². The molecule has 2 nitrogen and oxygen atoms in total. The van der Waals surface area contributed by atoms with Crippen molar-refractivity contribution in [3.05, 3.63) is 12.2 Å². The van der Waals surface area contributed by atoms with Crippen molar-refractivity contribution in [2.24, 2.45) is 5.41 Å². The molecule has 0 aromatic heterocycles. The first-order valence-electron chi connectivity index (χ1n) is 5.07. The van der Waals surface area contributed by atoms with Gasteiger partial charge in [-0.25, -0.2) is 13.6 Å².